The molecule has 1 unspecified atom stereocenters. The molecule has 1 aromatic carbocycles. The average Bonchev–Trinajstić information content (AvgIpc) is 2.52. The largest absolute Gasteiger partial charge is 0.444 e. The van der Waals surface area contributed by atoms with E-state index in [1.807, 2.05) is 20.8 Å². The zero-order valence-electron chi connectivity index (χ0n) is 15.0. The van der Waals surface area contributed by atoms with Crippen LogP contribution in [0.1, 0.15) is 50.4 Å². The summed E-state index contributed by atoms with van der Waals surface area (Å²) in [5.74, 6) is -0.568. The van der Waals surface area contributed by atoms with E-state index in [9.17, 15) is 9.59 Å². The van der Waals surface area contributed by atoms with E-state index in [1.54, 1.807) is 23.1 Å². The number of ether oxygens (including phenoxy) is 1. The van der Waals surface area contributed by atoms with Gasteiger partial charge < -0.3 is 20.7 Å². The third-order valence-corrected chi connectivity index (χ3v) is 4.36. The van der Waals surface area contributed by atoms with Crippen LogP contribution in [0.5, 0.6) is 0 Å². The summed E-state index contributed by atoms with van der Waals surface area (Å²) in [6.07, 6.45) is 2.66. The van der Waals surface area contributed by atoms with Gasteiger partial charge in [0.25, 0.3) is 0 Å². The van der Waals surface area contributed by atoms with Crippen molar-refractivity contribution in [3.63, 3.8) is 0 Å². The van der Waals surface area contributed by atoms with E-state index in [1.165, 1.54) is 0 Å². The Labute approximate surface area is 153 Å². The summed E-state index contributed by atoms with van der Waals surface area (Å²) < 4.78 is 5.51. The quantitative estimate of drug-likeness (QED) is 0.850. The van der Waals surface area contributed by atoms with Crippen LogP contribution in [0.25, 0.3) is 0 Å². The predicted octanol–water partition coefficient (Wildman–Crippen LogP) is 3.64. The highest BCUT2D eigenvalue weighted by Gasteiger charge is 2.30. The fourth-order valence-corrected chi connectivity index (χ4v) is 3.04. The molecule has 0 bridgehead atoms. The number of nitrogens with zero attached hydrogens (tertiary/aromatic N) is 1. The number of hydrogen-bond acceptors (Lipinski definition) is 4. The predicted molar refractivity (Wildman–Crippen MR) is 99.0 cm³/mol. The normalized spacial score (nSPS) is 17.9. The van der Waals surface area contributed by atoms with Gasteiger partial charge in [0.05, 0.1) is 16.6 Å². The highest BCUT2D eigenvalue weighted by Crippen LogP contribution is 2.23. The number of carbonyl (C=O) groups excluding carboxylic acids is 2. The molecule has 0 spiro atoms. The van der Waals surface area contributed by atoms with Gasteiger partial charge in [0.2, 0.25) is 5.91 Å². The van der Waals surface area contributed by atoms with E-state index in [0.29, 0.717) is 18.1 Å². The molecular formula is C18H26ClN3O3. The Morgan fingerprint density at radius 1 is 1.36 bits per heavy atom. The van der Waals surface area contributed by atoms with E-state index in [0.717, 1.165) is 24.9 Å². The second kappa shape index (κ2) is 7.95. The molecule has 0 aliphatic carbocycles. The van der Waals surface area contributed by atoms with E-state index in [2.05, 4.69) is 5.32 Å². The number of halogens is 1. The molecular weight excluding hydrogens is 342 g/mol. The van der Waals surface area contributed by atoms with Gasteiger partial charge in [0.1, 0.15) is 5.60 Å². The lowest BCUT2D eigenvalue weighted by atomic mass is 10.0. The van der Waals surface area contributed by atoms with Crippen molar-refractivity contribution >= 4 is 29.3 Å². The minimum atomic E-state index is -0.568. The summed E-state index contributed by atoms with van der Waals surface area (Å²) >= 11 is 5.97. The molecule has 1 aliphatic heterocycles. The Hall–Kier alpha value is -1.95. The fourth-order valence-electron chi connectivity index (χ4n) is 2.83. The van der Waals surface area contributed by atoms with E-state index in [4.69, 9.17) is 22.1 Å². The van der Waals surface area contributed by atoms with Gasteiger partial charge in [-0.25, -0.2) is 4.79 Å². The molecule has 25 heavy (non-hydrogen) atoms. The number of nitrogens with two attached hydrogens (primary N) is 1. The van der Waals surface area contributed by atoms with Gasteiger partial charge in [-0.2, -0.15) is 0 Å². The number of amides is 2. The SMILES string of the molecule is CC(C)(C)OC(=O)N1CCCCC1CNc1ccc(Cl)c(C(N)=O)c1. The van der Waals surface area contributed by atoms with Gasteiger partial charge in [0, 0.05) is 18.8 Å². The van der Waals surface area contributed by atoms with Crippen molar-refractivity contribution in [2.75, 3.05) is 18.4 Å². The lowest BCUT2D eigenvalue weighted by molar-refractivity contribution is 0.0114. The number of rotatable bonds is 4. The third kappa shape index (κ3) is 5.53. The molecule has 6 nitrogen and oxygen atoms in total. The van der Waals surface area contributed by atoms with Crippen molar-refractivity contribution in [3.05, 3.63) is 28.8 Å². The van der Waals surface area contributed by atoms with Crippen molar-refractivity contribution in [1.29, 1.82) is 0 Å². The summed E-state index contributed by atoms with van der Waals surface area (Å²) in [6.45, 7) is 6.84. The Morgan fingerprint density at radius 2 is 2.08 bits per heavy atom. The number of likely N-dealkylation sites (tertiary alicyclic amines) is 1. The van der Waals surface area contributed by atoms with Crippen LogP contribution in [-0.2, 0) is 4.74 Å². The zero-order valence-corrected chi connectivity index (χ0v) is 15.7. The van der Waals surface area contributed by atoms with E-state index >= 15 is 0 Å². The van der Waals surface area contributed by atoms with Crippen LogP contribution in [0.2, 0.25) is 5.02 Å². The lowest BCUT2D eigenvalue weighted by Gasteiger charge is -2.37. The first-order valence-electron chi connectivity index (χ1n) is 8.50. The van der Waals surface area contributed by atoms with E-state index < -0.39 is 11.5 Å². The standard InChI is InChI=1S/C18H26ClN3O3/c1-18(2,3)25-17(24)22-9-5-4-6-13(22)11-21-12-7-8-15(19)14(10-12)16(20)23/h7-8,10,13,21H,4-6,9,11H2,1-3H3,(H2,20,23). The molecule has 7 heteroatoms. The lowest BCUT2D eigenvalue weighted by Crippen LogP contribution is -2.48. The van der Waals surface area contributed by atoms with Gasteiger partial charge in [0.15, 0.2) is 0 Å². The van der Waals surface area contributed by atoms with Crippen LogP contribution in [-0.4, -0.2) is 41.6 Å². The van der Waals surface area contributed by atoms with Gasteiger partial charge in [-0.05, 0) is 58.2 Å². The highest BCUT2D eigenvalue weighted by atomic mass is 35.5. The number of anilines is 1. The molecule has 0 radical (unpaired) electrons. The molecule has 1 saturated heterocycles. The Balaban J connectivity index is 2.03. The fraction of sp³-hybridized carbons (Fsp3) is 0.556. The summed E-state index contributed by atoms with van der Waals surface area (Å²) in [5.41, 5.74) is 5.83. The van der Waals surface area contributed by atoms with Crippen LogP contribution in [0.4, 0.5) is 10.5 Å². The summed E-state index contributed by atoms with van der Waals surface area (Å²) in [6, 6.07) is 5.09. The molecule has 2 rings (SSSR count). The van der Waals surface area contributed by atoms with Crippen LogP contribution in [0.3, 0.4) is 0 Å². The topological polar surface area (TPSA) is 84.7 Å². The van der Waals surface area contributed by atoms with Crippen LogP contribution < -0.4 is 11.1 Å². The Kier molecular flexibility index (Phi) is 6.16. The molecule has 3 N–H and O–H groups in total. The monoisotopic (exact) mass is 367 g/mol. The minimum Gasteiger partial charge on any atom is -0.444 e. The van der Waals surface area contributed by atoms with Crippen molar-refractivity contribution in [1.82, 2.24) is 4.90 Å². The molecule has 2 amide bonds. The molecule has 1 heterocycles. The van der Waals surface area contributed by atoms with Crippen molar-refractivity contribution in [3.8, 4) is 0 Å². The van der Waals surface area contributed by atoms with Gasteiger partial charge in [-0.1, -0.05) is 11.6 Å². The maximum Gasteiger partial charge on any atom is 0.410 e. The maximum absolute atomic E-state index is 12.4. The second-order valence-corrected chi connectivity index (χ2v) is 7.67. The molecule has 1 aromatic rings. The summed E-state index contributed by atoms with van der Waals surface area (Å²) in [7, 11) is 0. The molecule has 1 atom stereocenters. The number of benzene rings is 1. The molecule has 138 valence electrons. The minimum absolute atomic E-state index is 0.0382. The number of primary amides is 1. The van der Waals surface area contributed by atoms with Gasteiger partial charge in [-0.3, -0.25) is 4.79 Å². The van der Waals surface area contributed by atoms with Crippen LogP contribution >= 0.6 is 11.6 Å². The van der Waals surface area contributed by atoms with Crippen molar-refractivity contribution in [2.45, 2.75) is 51.7 Å². The van der Waals surface area contributed by atoms with Crippen LogP contribution in [0.15, 0.2) is 18.2 Å². The first-order chi connectivity index (χ1) is 11.7. The number of hydrogen-bond donors (Lipinski definition) is 2. The Morgan fingerprint density at radius 3 is 2.72 bits per heavy atom. The maximum atomic E-state index is 12.4. The molecule has 1 aliphatic rings. The molecule has 0 saturated carbocycles. The molecule has 1 fully saturated rings. The van der Waals surface area contributed by atoms with Gasteiger partial charge >= 0.3 is 6.09 Å². The second-order valence-electron chi connectivity index (χ2n) is 7.26. The zero-order chi connectivity index (χ0) is 18.6. The van der Waals surface area contributed by atoms with Crippen LogP contribution in [0, 0.1) is 0 Å². The number of nitrogens with one attached hydrogen (secondary N) is 1. The van der Waals surface area contributed by atoms with Gasteiger partial charge in [-0.15, -0.1) is 0 Å². The average molecular weight is 368 g/mol. The summed E-state index contributed by atoms with van der Waals surface area (Å²) in [4.78, 5) is 25.6. The van der Waals surface area contributed by atoms with Crippen molar-refractivity contribution < 1.29 is 14.3 Å². The first-order valence-corrected chi connectivity index (χ1v) is 8.88. The molecule has 0 aromatic heterocycles. The summed E-state index contributed by atoms with van der Waals surface area (Å²) in [5, 5.41) is 3.59. The van der Waals surface area contributed by atoms with E-state index in [-0.39, 0.29) is 17.7 Å². The number of carbonyl (C=O) groups is 2. The third-order valence-electron chi connectivity index (χ3n) is 4.03. The Bertz CT molecular complexity index is 643. The highest BCUT2D eigenvalue weighted by molar-refractivity contribution is 6.33. The van der Waals surface area contributed by atoms with Crippen molar-refractivity contribution in [2.24, 2.45) is 5.73 Å². The first kappa shape index (κ1) is 19.4. The smallest absolute Gasteiger partial charge is 0.410 e. The number of piperidine rings is 1.